The summed E-state index contributed by atoms with van der Waals surface area (Å²) in [5, 5.41) is 12.2. The zero-order valence-electron chi connectivity index (χ0n) is 9.21. The van der Waals surface area contributed by atoms with Gasteiger partial charge in [-0.15, -0.1) is 0 Å². The third kappa shape index (κ3) is 3.54. The smallest absolute Gasteiger partial charge is 0.407 e. The van der Waals surface area contributed by atoms with Crippen LogP contribution < -0.4 is 5.32 Å². The highest BCUT2D eigenvalue weighted by atomic mass is 16.4. The Balaban J connectivity index is 2.44. The second kappa shape index (κ2) is 4.17. The Kier molecular flexibility index (Phi) is 3.37. The summed E-state index contributed by atoms with van der Waals surface area (Å²) in [5.74, 6) is 0. The molecule has 1 aliphatic heterocycles. The maximum atomic E-state index is 10.8. The zero-order valence-corrected chi connectivity index (χ0v) is 9.21. The van der Waals surface area contributed by atoms with E-state index in [1.165, 1.54) is 4.90 Å². The number of hydrogen-bond donors (Lipinski definition) is 2. The Morgan fingerprint density at radius 2 is 2.21 bits per heavy atom. The Labute approximate surface area is 85.3 Å². The van der Waals surface area contributed by atoms with Gasteiger partial charge in [0.1, 0.15) is 0 Å². The van der Waals surface area contributed by atoms with Crippen molar-refractivity contribution in [2.75, 3.05) is 19.6 Å². The largest absolute Gasteiger partial charge is 0.465 e. The van der Waals surface area contributed by atoms with E-state index in [4.69, 9.17) is 5.11 Å². The van der Waals surface area contributed by atoms with E-state index < -0.39 is 6.09 Å². The predicted molar refractivity (Wildman–Crippen MR) is 55.5 cm³/mol. The molecule has 4 heteroatoms. The van der Waals surface area contributed by atoms with Crippen LogP contribution in [0.5, 0.6) is 0 Å². The molecule has 1 heterocycles. The lowest BCUT2D eigenvalue weighted by Crippen LogP contribution is -2.53. The summed E-state index contributed by atoms with van der Waals surface area (Å²) in [5.41, 5.74) is 0.249. The van der Waals surface area contributed by atoms with Gasteiger partial charge in [0, 0.05) is 25.7 Å². The van der Waals surface area contributed by atoms with Crippen molar-refractivity contribution in [3.63, 3.8) is 0 Å². The quantitative estimate of drug-likeness (QED) is 0.672. The van der Waals surface area contributed by atoms with Gasteiger partial charge < -0.3 is 15.3 Å². The zero-order chi connectivity index (χ0) is 10.8. The summed E-state index contributed by atoms with van der Waals surface area (Å²) >= 11 is 0. The van der Waals surface area contributed by atoms with Gasteiger partial charge in [-0.3, -0.25) is 0 Å². The average Bonchev–Trinajstić information content (AvgIpc) is 2.01. The lowest BCUT2D eigenvalue weighted by atomic mass is 9.87. The van der Waals surface area contributed by atoms with Crippen LogP contribution in [0.15, 0.2) is 0 Å². The van der Waals surface area contributed by atoms with E-state index >= 15 is 0 Å². The van der Waals surface area contributed by atoms with Crippen molar-refractivity contribution in [2.24, 2.45) is 5.41 Å². The molecular weight excluding hydrogens is 180 g/mol. The first-order valence-corrected chi connectivity index (χ1v) is 5.10. The number of rotatable bonds is 1. The van der Waals surface area contributed by atoms with Crippen LogP contribution in [0.25, 0.3) is 0 Å². The topological polar surface area (TPSA) is 52.6 Å². The van der Waals surface area contributed by atoms with Gasteiger partial charge in [0.15, 0.2) is 0 Å². The van der Waals surface area contributed by atoms with Gasteiger partial charge in [-0.05, 0) is 11.8 Å². The van der Waals surface area contributed by atoms with Crippen LogP contribution in [-0.4, -0.2) is 41.8 Å². The lowest BCUT2D eigenvalue weighted by Gasteiger charge is -2.35. The molecule has 0 radical (unpaired) electrons. The molecule has 1 fully saturated rings. The minimum Gasteiger partial charge on any atom is -0.465 e. The predicted octanol–water partition coefficient (Wildman–Crippen LogP) is 1.37. The van der Waals surface area contributed by atoms with E-state index in [0.717, 1.165) is 13.0 Å². The first-order valence-electron chi connectivity index (χ1n) is 5.10. The SMILES string of the molecule is CC(C)(C)C[C@H]1CN(C(=O)O)CCN1. The van der Waals surface area contributed by atoms with E-state index in [-0.39, 0.29) is 5.41 Å². The van der Waals surface area contributed by atoms with Crippen molar-refractivity contribution in [3.05, 3.63) is 0 Å². The third-order valence-electron chi connectivity index (χ3n) is 2.38. The fourth-order valence-corrected chi connectivity index (χ4v) is 1.88. The summed E-state index contributed by atoms with van der Waals surface area (Å²) in [6, 6.07) is 0.305. The summed E-state index contributed by atoms with van der Waals surface area (Å²) in [6.07, 6.45) is 0.210. The van der Waals surface area contributed by atoms with Gasteiger partial charge in [-0.2, -0.15) is 0 Å². The molecule has 0 aromatic carbocycles. The van der Waals surface area contributed by atoms with E-state index in [0.29, 0.717) is 19.1 Å². The standard InChI is InChI=1S/C10H20N2O2/c1-10(2,3)6-8-7-12(9(13)14)5-4-11-8/h8,11H,4-7H2,1-3H3,(H,13,14)/t8-/m0/s1. The van der Waals surface area contributed by atoms with E-state index in [2.05, 4.69) is 26.1 Å². The van der Waals surface area contributed by atoms with Crippen molar-refractivity contribution < 1.29 is 9.90 Å². The highest BCUT2D eigenvalue weighted by molar-refractivity contribution is 5.65. The molecule has 0 aromatic rings. The van der Waals surface area contributed by atoms with Crippen LogP contribution >= 0.6 is 0 Å². The Bertz CT molecular complexity index is 211. The van der Waals surface area contributed by atoms with E-state index in [9.17, 15) is 4.79 Å². The number of nitrogens with zero attached hydrogens (tertiary/aromatic N) is 1. The Morgan fingerprint density at radius 3 is 2.71 bits per heavy atom. The molecule has 82 valence electrons. The molecule has 0 saturated carbocycles. The monoisotopic (exact) mass is 200 g/mol. The van der Waals surface area contributed by atoms with Crippen molar-refractivity contribution in [2.45, 2.75) is 33.2 Å². The van der Waals surface area contributed by atoms with Crippen LogP contribution in [0.1, 0.15) is 27.2 Å². The second-order valence-electron chi connectivity index (χ2n) is 5.14. The van der Waals surface area contributed by atoms with Gasteiger partial charge in [0.25, 0.3) is 0 Å². The van der Waals surface area contributed by atoms with Crippen molar-refractivity contribution in [1.29, 1.82) is 0 Å². The summed E-state index contributed by atoms with van der Waals surface area (Å²) < 4.78 is 0. The van der Waals surface area contributed by atoms with E-state index in [1.807, 2.05) is 0 Å². The molecule has 0 bridgehead atoms. The van der Waals surface area contributed by atoms with Crippen molar-refractivity contribution in [3.8, 4) is 0 Å². The van der Waals surface area contributed by atoms with Crippen molar-refractivity contribution >= 4 is 6.09 Å². The number of carbonyl (C=O) groups is 1. The number of hydrogen-bond acceptors (Lipinski definition) is 2. The van der Waals surface area contributed by atoms with Gasteiger partial charge in [0.05, 0.1) is 0 Å². The van der Waals surface area contributed by atoms with Crippen LogP contribution in [0, 0.1) is 5.41 Å². The highest BCUT2D eigenvalue weighted by Gasteiger charge is 2.26. The van der Waals surface area contributed by atoms with Crippen LogP contribution in [-0.2, 0) is 0 Å². The fraction of sp³-hybridized carbons (Fsp3) is 0.900. The molecule has 1 aliphatic rings. The molecule has 0 aliphatic carbocycles. The second-order valence-corrected chi connectivity index (χ2v) is 5.14. The molecule has 2 N–H and O–H groups in total. The molecule has 1 rings (SSSR count). The normalized spacial score (nSPS) is 23.6. The summed E-state index contributed by atoms with van der Waals surface area (Å²) in [7, 11) is 0. The van der Waals surface area contributed by atoms with Crippen LogP contribution in [0.3, 0.4) is 0 Å². The Hall–Kier alpha value is -0.770. The molecule has 1 saturated heterocycles. The maximum Gasteiger partial charge on any atom is 0.407 e. The highest BCUT2D eigenvalue weighted by Crippen LogP contribution is 2.22. The molecular formula is C10H20N2O2. The van der Waals surface area contributed by atoms with Gasteiger partial charge in [-0.1, -0.05) is 20.8 Å². The van der Waals surface area contributed by atoms with Crippen LogP contribution in [0.4, 0.5) is 4.79 Å². The number of piperazine rings is 1. The molecule has 14 heavy (non-hydrogen) atoms. The first-order chi connectivity index (χ1) is 6.38. The average molecular weight is 200 g/mol. The molecule has 0 unspecified atom stereocenters. The molecule has 4 nitrogen and oxygen atoms in total. The molecule has 0 aromatic heterocycles. The van der Waals surface area contributed by atoms with Gasteiger partial charge in [0.2, 0.25) is 0 Å². The van der Waals surface area contributed by atoms with Crippen LogP contribution in [0.2, 0.25) is 0 Å². The van der Waals surface area contributed by atoms with E-state index in [1.54, 1.807) is 0 Å². The number of amides is 1. The minimum atomic E-state index is -0.801. The van der Waals surface area contributed by atoms with Gasteiger partial charge >= 0.3 is 6.09 Å². The summed E-state index contributed by atoms with van der Waals surface area (Å²) in [4.78, 5) is 12.3. The third-order valence-corrected chi connectivity index (χ3v) is 2.38. The number of carboxylic acid groups (broad SMARTS) is 1. The molecule has 0 spiro atoms. The van der Waals surface area contributed by atoms with Crippen molar-refractivity contribution in [1.82, 2.24) is 10.2 Å². The van der Waals surface area contributed by atoms with Gasteiger partial charge in [-0.25, -0.2) is 4.79 Å². The first kappa shape index (κ1) is 11.3. The lowest BCUT2D eigenvalue weighted by molar-refractivity contribution is 0.121. The minimum absolute atomic E-state index is 0.249. The molecule has 1 atom stereocenters. The summed E-state index contributed by atoms with van der Waals surface area (Å²) in [6.45, 7) is 8.52. The molecule has 1 amide bonds. The fourth-order valence-electron chi connectivity index (χ4n) is 1.88. The Morgan fingerprint density at radius 1 is 1.57 bits per heavy atom. The number of nitrogens with one attached hydrogen (secondary N) is 1. The maximum absolute atomic E-state index is 10.8.